The number of thiophene rings is 1. The van der Waals surface area contributed by atoms with E-state index in [-0.39, 0.29) is 0 Å². The molecule has 0 radical (unpaired) electrons. The minimum Gasteiger partial charge on any atom is -0.310 e. The highest BCUT2D eigenvalue weighted by Crippen LogP contribution is 2.35. The van der Waals surface area contributed by atoms with E-state index in [9.17, 15) is 0 Å². The molecule has 1 nitrogen and oxygen atoms in total. The molecule has 1 heterocycles. The molecule has 1 aliphatic rings. The van der Waals surface area contributed by atoms with E-state index in [4.69, 9.17) is 0 Å². The minimum atomic E-state index is 0.519. The van der Waals surface area contributed by atoms with Crippen LogP contribution in [0.15, 0.2) is 41.8 Å². The zero-order valence-corrected chi connectivity index (χ0v) is 13.7. The van der Waals surface area contributed by atoms with Crippen LogP contribution < -0.4 is 5.32 Å². The smallest absolute Gasteiger partial charge is 0.0354 e. The fourth-order valence-corrected chi connectivity index (χ4v) is 4.32. The average Bonchev–Trinajstić information content (AvgIpc) is 2.95. The zero-order valence-electron chi connectivity index (χ0n) is 12.8. The van der Waals surface area contributed by atoms with Gasteiger partial charge in [0.2, 0.25) is 0 Å². The number of hydrogen-bond donors (Lipinski definition) is 1. The van der Waals surface area contributed by atoms with Gasteiger partial charge in [-0.25, -0.2) is 0 Å². The van der Waals surface area contributed by atoms with Crippen molar-refractivity contribution in [2.75, 3.05) is 6.54 Å². The van der Waals surface area contributed by atoms with Crippen LogP contribution >= 0.6 is 11.3 Å². The molecule has 1 aromatic carbocycles. The lowest BCUT2D eigenvalue weighted by molar-refractivity contribution is 0.343. The summed E-state index contributed by atoms with van der Waals surface area (Å²) in [4.78, 5) is 1.53. The van der Waals surface area contributed by atoms with Crippen LogP contribution in [-0.4, -0.2) is 6.54 Å². The third kappa shape index (κ3) is 3.56. The summed E-state index contributed by atoms with van der Waals surface area (Å²) in [7, 11) is 0. The Morgan fingerprint density at radius 1 is 1.19 bits per heavy atom. The highest BCUT2D eigenvalue weighted by atomic mass is 32.1. The van der Waals surface area contributed by atoms with E-state index in [1.807, 2.05) is 11.3 Å². The maximum absolute atomic E-state index is 3.83. The van der Waals surface area contributed by atoms with Crippen molar-refractivity contribution in [3.8, 4) is 0 Å². The molecule has 2 unspecified atom stereocenters. The molecule has 0 amide bonds. The maximum Gasteiger partial charge on any atom is 0.0354 e. The highest BCUT2D eigenvalue weighted by molar-refractivity contribution is 7.09. The normalized spacial score (nSPS) is 21.8. The maximum atomic E-state index is 3.83. The topological polar surface area (TPSA) is 12.0 Å². The monoisotopic (exact) mass is 299 g/mol. The van der Waals surface area contributed by atoms with Gasteiger partial charge in [0.15, 0.2) is 0 Å². The van der Waals surface area contributed by atoms with Crippen LogP contribution in [0.2, 0.25) is 0 Å². The summed E-state index contributed by atoms with van der Waals surface area (Å²) in [6.45, 7) is 3.36. The molecule has 0 spiro atoms. The quantitative estimate of drug-likeness (QED) is 0.767. The summed E-state index contributed by atoms with van der Waals surface area (Å²) in [5.41, 5.74) is 3.10. The minimum absolute atomic E-state index is 0.519. The summed E-state index contributed by atoms with van der Waals surface area (Å²) in [5, 5.41) is 6.04. The first-order valence-corrected chi connectivity index (χ1v) is 9.10. The summed E-state index contributed by atoms with van der Waals surface area (Å²) in [6, 6.07) is 14.0. The van der Waals surface area contributed by atoms with Crippen molar-refractivity contribution < 1.29 is 0 Å². The zero-order chi connectivity index (χ0) is 14.5. The van der Waals surface area contributed by atoms with Gasteiger partial charge in [0.05, 0.1) is 0 Å². The lowest BCUT2D eigenvalue weighted by atomic mass is 9.87. The Morgan fingerprint density at radius 2 is 2.10 bits per heavy atom. The second-order valence-electron chi connectivity index (χ2n) is 6.07. The van der Waals surface area contributed by atoms with Gasteiger partial charge in [-0.2, -0.15) is 0 Å². The van der Waals surface area contributed by atoms with Crippen molar-refractivity contribution in [1.29, 1.82) is 0 Å². The van der Waals surface area contributed by atoms with Gasteiger partial charge >= 0.3 is 0 Å². The van der Waals surface area contributed by atoms with Crippen molar-refractivity contribution >= 4 is 11.3 Å². The standard InChI is InChI=1S/C19H25NS/c1-2-12-20-19-16(14-17-10-6-13-21-17)9-5-8-15-7-3-4-11-18(15)19/h3-4,6-7,10-11,13,16,19-20H,2,5,8-9,12,14H2,1H3. The molecule has 1 aromatic heterocycles. The summed E-state index contributed by atoms with van der Waals surface area (Å²) >= 11 is 1.90. The summed E-state index contributed by atoms with van der Waals surface area (Å²) in [5.74, 6) is 0.721. The van der Waals surface area contributed by atoms with E-state index in [0.29, 0.717) is 6.04 Å². The Morgan fingerprint density at radius 3 is 2.90 bits per heavy atom. The Kier molecular flexibility index (Phi) is 5.10. The molecule has 0 fully saturated rings. The first kappa shape index (κ1) is 14.8. The number of rotatable bonds is 5. The van der Waals surface area contributed by atoms with Crippen LogP contribution in [0.1, 0.15) is 48.2 Å². The number of benzene rings is 1. The van der Waals surface area contributed by atoms with Gasteiger partial charge in [-0.3, -0.25) is 0 Å². The molecule has 2 heteroatoms. The van der Waals surface area contributed by atoms with Crippen molar-refractivity contribution in [3.05, 3.63) is 57.8 Å². The van der Waals surface area contributed by atoms with Gasteiger partial charge in [-0.15, -0.1) is 11.3 Å². The molecule has 0 saturated heterocycles. The van der Waals surface area contributed by atoms with E-state index >= 15 is 0 Å². The van der Waals surface area contributed by atoms with Crippen LogP contribution in [0.4, 0.5) is 0 Å². The van der Waals surface area contributed by atoms with Gasteiger partial charge in [0.25, 0.3) is 0 Å². The summed E-state index contributed by atoms with van der Waals surface area (Å²) < 4.78 is 0. The van der Waals surface area contributed by atoms with E-state index in [2.05, 4.69) is 54.0 Å². The molecule has 0 bridgehead atoms. The number of fused-ring (bicyclic) bond motifs is 1. The molecule has 3 rings (SSSR count). The first-order chi connectivity index (χ1) is 10.4. The van der Waals surface area contributed by atoms with Gasteiger partial charge in [-0.05, 0) is 67.1 Å². The second kappa shape index (κ2) is 7.24. The lowest BCUT2D eigenvalue weighted by Gasteiger charge is -2.27. The fourth-order valence-electron chi connectivity index (χ4n) is 3.52. The van der Waals surface area contributed by atoms with Gasteiger partial charge in [0, 0.05) is 10.9 Å². The van der Waals surface area contributed by atoms with Gasteiger partial charge < -0.3 is 5.32 Å². The van der Waals surface area contributed by atoms with Crippen molar-refractivity contribution in [1.82, 2.24) is 5.32 Å². The molecule has 1 aliphatic carbocycles. The van der Waals surface area contributed by atoms with E-state index in [1.165, 1.54) is 37.0 Å². The largest absolute Gasteiger partial charge is 0.310 e. The van der Waals surface area contributed by atoms with Crippen molar-refractivity contribution in [2.24, 2.45) is 5.92 Å². The van der Waals surface area contributed by atoms with E-state index < -0.39 is 0 Å². The van der Waals surface area contributed by atoms with Crippen molar-refractivity contribution in [2.45, 2.75) is 45.1 Å². The number of aryl methyl sites for hydroxylation is 1. The molecule has 0 aliphatic heterocycles. The predicted octanol–water partition coefficient (Wildman–Crippen LogP) is 4.98. The molecular weight excluding hydrogens is 274 g/mol. The van der Waals surface area contributed by atoms with Gasteiger partial charge in [0.1, 0.15) is 0 Å². The highest BCUT2D eigenvalue weighted by Gasteiger charge is 2.27. The van der Waals surface area contributed by atoms with Crippen LogP contribution in [-0.2, 0) is 12.8 Å². The third-order valence-corrected chi connectivity index (χ3v) is 5.44. The SMILES string of the molecule is CCCNC1c2ccccc2CCCC1Cc1cccs1. The molecule has 112 valence electrons. The molecule has 2 aromatic rings. The Hall–Kier alpha value is -1.12. The van der Waals surface area contributed by atoms with E-state index in [0.717, 1.165) is 12.5 Å². The van der Waals surface area contributed by atoms with Crippen molar-refractivity contribution in [3.63, 3.8) is 0 Å². The predicted molar refractivity (Wildman–Crippen MR) is 91.9 cm³/mol. The molecule has 21 heavy (non-hydrogen) atoms. The second-order valence-corrected chi connectivity index (χ2v) is 7.10. The Labute approximate surface area is 132 Å². The molecule has 2 atom stereocenters. The van der Waals surface area contributed by atoms with Gasteiger partial charge in [-0.1, -0.05) is 37.3 Å². The van der Waals surface area contributed by atoms with Crippen LogP contribution in [0.25, 0.3) is 0 Å². The third-order valence-electron chi connectivity index (χ3n) is 4.54. The van der Waals surface area contributed by atoms with Crippen LogP contribution in [0.5, 0.6) is 0 Å². The lowest BCUT2D eigenvalue weighted by Crippen LogP contribution is -2.30. The van der Waals surface area contributed by atoms with E-state index in [1.54, 1.807) is 11.1 Å². The first-order valence-electron chi connectivity index (χ1n) is 8.22. The number of hydrogen-bond acceptors (Lipinski definition) is 2. The van der Waals surface area contributed by atoms with Crippen LogP contribution in [0, 0.1) is 5.92 Å². The molecule has 0 saturated carbocycles. The molecule has 1 N–H and O–H groups in total. The fraction of sp³-hybridized carbons (Fsp3) is 0.474. The Bertz CT molecular complexity index is 546. The number of nitrogens with one attached hydrogen (secondary N) is 1. The molecular formula is C19H25NS. The summed E-state index contributed by atoms with van der Waals surface area (Å²) in [6.07, 6.45) is 6.30. The average molecular weight is 299 g/mol. The van der Waals surface area contributed by atoms with Crippen LogP contribution in [0.3, 0.4) is 0 Å². The Balaban J connectivity index is 1.86.